The van der Waals surface area contributed by atoms with Crippen LogP contribution in [0.5, 0.6) is 0 Å². The summed E-state index contributed by atoms with van der Waals surface area (Å²) in [6.07, 6.45) is -0.505. The number of imide groups is 1. The molecule has 0 rings (SSSR count). The molecule has 0 aromatic heterocycles. The van der Waals surface area contributed by atoms with Crippen LogP contribution in [0.2, 0.25) is 0 Å². The highest BCUT2D eigenvalue weighted by Crippen LogP contribution is 1.88. The number of ether oxygens (including phenoxy) is 1. The summed E-state index contributed by atoms with van der Waals surface area (Å²) in [7, 11) is 3.50. The fourth-order valence-electron chi connectivity index (χ4n) is 1.17. The highest BCUT2D eigenvalue weighted by atomic mass is 16.5. The maximum absolute atomic E-state index is 11.3. The Hall–Kier alpha value is -1.67. The summed E-state index contributed by atoms with van der Waals surface area (Å²) in [5.41, 5.74) is 0. The van der Waals surface area contributed by atoms with Crippen molar-refractivity contribution in [3.63, 3.8) is 0 Å². The van der Waals surface area contributed by atoms with Gasteiger partial charge in [-0.2, -0.15) is 0 Å². The van der Waals surface area contributed by atoms with E-state index in [1.807, 2.05) is 11.9 Å². The Bertz CT molecular complexity index is 309. The molecule has 0 spiro atoms. The van der Waals surface area contributed by atoms with E-state index in [0.29, 0.717) is 19.7 Å². The van der Waals surface area contributed by atoms with Crippen molar-refractivity contribution in [2.45, 2.75) is 12.8 Å². The summed E-state index contributed by atoms with van der Waals surface area (Å²) in [5.74, 6) is -1.68. The molecule has 0 aliphatic heterocycles. The smallest absolute Gasteiger partial charge is 0.321 e. The molecule has 0 aromatic carbocycles. The molecular weight excluding hydrogens is 254 g/mol. The van der Waals surface area contributed by atoms with Crippen molar-refractivity contribution in [1.82, 2.24) is 15.5 Å². The molecule has 0 atom stereocenters. The molecule has 0 unspecified atom stereocenters. The molecule has 0 aliphatic carbocycles. The average molecular weight is 275 g/mol. The van der Waals surface area contributed by atoms with Gasteiger partial charge in [0.2, 0.25) is 5.91 Å². The lowest BCUT2D eigenvalue weighted by Gasteiger charge is -2.16. The molecule has 0 bridgehead atoms. The van der Waals surface area contributed by atoms with Gasteiger partial charge in [-0.25, -0.2) is 4.79 Å². The fraction of sp³-hybridized carbons (Fsp3) is 0.727. The summed E-state index contributed by atoms with van der Waals surface area (Å²) >= 11 is 0. The Morgan fingerprint density at radius 3 is 2.47 bits per heavy atom. The van der Waals surface area contributed by atoms with Gasteiger partial charge in [0.25, 0.3) is 0 Å². The van der Waals surface area contributed by atoms with Gasteiger partial charge in [0, 0.05) is 33.2 Å². The second kappa shape index (κ2) is 10.3. The van der Waals surface area contributed by atoms with Gasteiger partial charge in [0.1, 0.15) is 0 Å². The molecule has 0 radical (unpaired) electrons. The Kier molecular flexibility index (Phi) is 9.37. The monoisotopic (exact) mass is 275 g/mol. The van der Waals surface area contributed by atoms with Gasteiger partial charge in [-0.15, -0.1) is 0 Å². The third-order valence-electron chi connectivity index (χ3n) is 2.28. The predicted molar refractivity (Wildman–Crippen MR) is 67.8 cm³/mol. The normalized spacial score (nSPS) is 10.3. The zero-order valence-corrected chi connectivity index (χ0v) is 11.3. The number of urea groups is 1. The van der Waals surface area contributed by atoms with Crippen LogP contribution in [-0.2, 0) is 14.3 Å². The van der Waals surface area contributed by atoms with Crippen LogP contribution in [0.25, 0.3) is 0 Å². The zero-order chi connectivity index (χ0) is 14.7. The number of nitrogens with one attached hydrogen (secondary N) is 2. The largest absolute Gasteiger partial charge is 0.481 e. The van der Waals surface area contributed by atoms with E-state index in [2.05, 4.69) is 10.6 Å². The van der Waals surface area contributed by atoms with Crippen LogP contribution in [-0.4, -0.2) is 68.3 Å². The lowest BCUT2D eigenvalue weighted by Crippen LogP contribution is -2.42. The van der Waals surface area contributed by atoms with E-state index in [1.54, 1.807) is 7.11 Å². The number of rotatable bonds is 9. The third kappa shape index (κ3) is 11.2. The van der Waals surface area contributed by atoms with Gasteiger partial charge < -0.3 is 20.1 Å². The van der Waals surface area contributed by atoms with Crippen molar-refractivity contribution in [2.75, 3.05) is 40.4 Å². The first kappa shape index (κ1) is 17.3. The molecule has 0 saturated carbocycles. The minimum Gasteiger partial charge on any atom is -0.481 e. The first-order valence-corrected chi connectivity index (χ1v) is 5.92. The van der Waals surface area contributed by atoms with E-state index >= 15 is 0 Å². The van der Waals surface area contributed by atoms with E-state index in [4.69, 9.17) is 9.84 Å². The van der Waals surface area contributed by atoms with E-state index in [9.17, 15) is 14.4 Å². The second-order valence-electron chi connectivity index (χ2n) is 3.99. The Morgan fingerprint density at radius 2 is 1.89 bits per heavy atom. The van der Waals surface area contributed by atoms with Crippen LogP contribution in [0.1, 0.15) is 12.8 Å². The van der Waals surface area contributed by atoms with Crippen molar-refractivity contribution in [2.24, 2.45) is 0 Å². The summed E-state index contributed by atoms with van der Waals surface area (Å²) < 4.78 is 4.90. The van der Waals surface area contributed by atoms with Crippen molar-refractivity contribution >= 4 is 17.9 Å². The third-order valence-corrected chi connectivity index (χ3v) is 2.28. The molecule has 0 saturated heterocycles. The predicted octanol–water partition coefficient (Wildman–Crippen LogP) is -0.745. The number of methoxy groups -OCH3 is 1. The van der Waals surface area contributed by atoms with E-state index in [-0.39, 0.29) is 12.8 Å². The SMILES string of the molecule is COCCN(C)CCNC(=O)NC(=O)CCC(=O)O. The number of hydrogen-bond acceptors (Lipinski definition) is 5. The molecule has 0 aliphatic rings. The molecular formula is C11H21N3O5. The average Bonchev–Trinajstić information content (AvgIpc) is 2.33. The maximum Gasteiger partial charge on any atom is 0.321 e. The number of carboxylic acid groups (broad SMARTS) is 1. The molecule has 8 nitrogen and oxygen atoms in total. The van der Waals surface area contributed by atoms with Gasteiger partial charge in [0.05, 0.1) is 13.0 Å². The lowest BCUT2D eigenvalue weighted by atomic mass is 10.3. The fourth-order valence-corrected chi connectivity index (χ4v) is 1.17. The second-order valence-corrected chi connectivity index (χ2v) is 3.99. The van der Waals surface area contributed by atoms with Crippen molar-refractivity contribution < 1.29 is 24.2 Å². The summed E-state index contributed by atoms with van der Waals surface area (Å²) in [6, 6.07) is -0.615. The summed E-state index contributed by atoms with van der Waals surface area (Å²) in [4.78, 5) is 34.6. The standard InChI is InChI=1S/C11H21N3O5/c1-14(7-8-19-2)6-5-12-11(18)13-9(15)3-4-10(16)17/h3-8H2,1-2H3,(H,16,17)(H2,12,13,15,18). The maximum atomic E-state index is 11.3. The summed E-state index contributed by atoms with van der Waals surface area (Å²) in [6.45, 7) is 2.37. The number of hydrogen-bond donors (Lipinski definition) is 3. The van der Waals surface area contributed by atoms with Crippen LogP contribution in [0, 0.1) is 0 Å². The van der Waals surface area contributed by atoms with Gasteiger partial charge in [-0.05, 0) is 7.05 Å². The van der Waals surface area contributed by atoms with Crippen molar-refractivity contribution in [3.05, 3.63) is 0 Å². The van der Waals surface area contributed by atoms with Gasteiger partial charge >= 0.3 is 12.0 Å². The van der Waals surface area contributed by atoms with E-state index in [0.717, 1.165) is 6.54 Å². The molecule has 3 N–H and O–H groups in total. The van der Waals surface area contributed by atoms with Crippen molar-refractivity contribution in [3.8, 4) is 0 Å². The van der Waals surface area contributed by atoms with Crippen LogP contribution in [0.15, 0.2) is 0 Å². The molecule has 0 fully saturated rings. The topological polar surface area (TPSA) is 108 Å². The number of aliphatic carboxylic acids is 1. The number of carbonyl (C=O) groups excluding carboxylic acids is 2. The molecule has 0 aromatic rings. The first-order valence-electron chi connectivity index (χ1n) is 5.92. The first-order chi connectivity index (χ1) is 8.95. The molecule has 19 heavy (non-hydrogen) atoms. The number of carbonyl (C=O) groups is 3. The quantitative estimate of drug-likeness (QED) is 0.511. The molecule has 0 heterocycles. The Morgan fingerprint density at radius 1 is 1.21 bits per heavy atom. The number of likely N-dealkylation sites (N-methyl/N-ethyl adjacent to an activating group) is 1. The molecule has 8 heteroatoms. The van der Waals surface area contributed by atoms with Crippen molar-refractivity contribution in [1.29, 1.82) is 0 Å². The van der Waals surface area contributed by atoms with E-state index < -0.39 is 17.9 Å². The van der Waals surface area contributed by atoms with Crippen LogP contribution < -0.4 is 10.6 Å². The van der Waals surface area contributed by atoms with E-state index in [1.165, 1.54) is 0 Å². The number of nitrogens with zero attached hydrogens (tertiary/aromatic N) is 1. The summed E-state index contributed by atoms with van der Waals surface area (Å²) in [5, 5.41) is 12.9. The van der Waals surface area contributed by atoms with Crippen LogP contribution in [0.3, 0.4) is 0 Å². The number of amides is 3. The number of carboxylic acids is 1. The highest BCUT2D eigenvalue weighted by Gasteiger charge is 2.09. The minimum atomic E-state index is -1.07. The zero-order valence-electron chi connectivity index (χ0n) is 11.3. The lowest BCUT2D eigenvalue weighted by molar-refractivity contribution is -0.138. The Balaban J connectivity index is 3.63. The Labute approximate surface area is 112 Å². The van der Waals surface area contributed by atoms with Gasteiger partial charge in [-0.1, -0.05) is 0 Å². The minimum absolute atomic E-state index is 0.212. The van der Waals surface area contributed by atoms with Gasteiger partial charge in [-0.3, -0.25) is 14.9 Å². The molecule has 3 amide bonds. The molecule has 110 valence electrons. The van der Waals surface area contributed by atoms with Crippen LogP contribution in [0.4, 0.5) is 4.79 Å². The van der Waals surface area contributed by atoms with Gasteiger partial charge in [0.15, 0.2) is 0 Å². The highest BCUT2D eigenvalue weighted by molar-refractivity contribution is 5.95. The van der Waals surface area contributed by atoms with Crippen LogP contribution >= 0.6 is 0 Å².